The Morgan fingerprint density at radius 1 is 1.40 bits per heavy atom. The van der Waals surface area contributed by atoms with Crippen LogP contribution in [0.3, 0.4) is 0 Å². The quantitative estimate of drug-likeness (QED) is 0.792. The van der Waals surface area contributed by atoms with Crippen molar-refractivity contribution >= 4 is 18.3 Å². The number of rotatable bonds is 7. The fourth-order valence-electron chi connectivity index (χ4n) is 2.88. The van der Waals surface area contributed by atoms with Crippen LogP contribution in [-0.4, -0.2) is 55.5 Å². The summed E-state index contributed by atoms with van der Waals surface area (Å²) in [5.41, 5.74) is 6.74. The molecule has 1 atom stereocenters. The molecule has 0 spiro atoms. The van der Waals surface area contributed by atoms with Crippen LogP contribution in [0.2, 0.25) is 0 Å². The zero-order valence-electron chi connectivity index (χ0n) is 14.6. The number of hydrogen-bond acceptors (Lipinski definition) is 4. The average Bonchev–Trinajstić information content (AvgIpc) is 2.90. The second-order valence-corrected chi connectivity index (χ2v) is 6.75. The van der Waals surface area contributed by atoms with Crippen LogP contribution in [0.4, 0.5) is 8.78 Å². The van der Waals surface area contributed by atoms with Crippen molar-refractivity contribution in [2.75, 3.05) is 33.2 Å². The number of alkyl halides is 2. The summed E-state index contributed by atoms with van der Waals surface area (Å²) >= 11 is 0. The molecule has 0 radical (unpaired) electrons. The van der Waals surface area contributed by atoms with Crippen LogP contribution in [0.1, 0.15) is 18.9 Å². The van der Waals surface area contributed by atoms with Gasteiger partial charge in [-0.3, -0.25) is 9.69 Å². The zero-order valence-corrected chi connectivity index (χ0v) is 15.4. The lowest BCUT2D eigenvalue weighted by Gasteiger charge is -2.24. The van der Waals surface area contributed by atoms with Gasteiger partial charge < -0.3 is 15.4 Å². The molecule has 25 heavy (non-hydrogen) atoms. The predicted molar refractivity (Wildman–Crippen MR) is 95.0 cm³/mol. The highest BCUT2D eigenvalue weighted by Crippen LogP contribution is 2.28. The Balaban J connectivity index is 0.00000312. The van der Waals surface area contributed by atoms with Gasteiger partial charge in [0.25, 0.3) is 0 Å². The Bertz CT molecular complexity index is 559. The molecule has 1 aromatic carbocycles. The number of benzene rings is 1. The predicted octanol–water partition coefficient (Wildman–Crippen LogP) is 2.34. The van der Waals surface area contributed by atoms with Crippen molar-refractivity contribution in [2.24, 2.45) is 11.1 Å². The molecule has 8 heteroatoms. The van der Waals surface area contributed by atoms with E-state index in [9.17, 15) is 13.6 Å². The fourth-order valence-corrected chi connectivity index (χ4v) is 2.88. The second kappa shape index (κ2) is 9.31. The van der Waals surface area contributed by atoms with E-state index in [2.05, 4.69) is 16.6 Å². The van der Waals surface area contributed by atoms with E-state index in [1.807, 2.05) is 0 Å². The second-order valence-electron chi connectivity index (χ2n) is 6.75. The minimum absolute atomic E-state index is 0. The lowest BCUT2D eigenvalue weighted by molar-refractivity contribution is -0.131. The van der Waals surface area contributed by atoms with Crippen LogP contribution in [0, 0.1) is 5.41 Å². The van der Waals surface area contributed by atoms with Crippen LogP contribution in [-0.2, 0) is 11.3 Å². The number of carbonyl (C=O) groups excluding carboxylic acids is 1. The Hall–Kier alpha value is -1.44. The van der Waals surface area contributed by atoms with E-state index in [0.29, 0.717) is 19.6 Å². The normalized spacial score (nSPS) is 20.4. The number of nitrogens with zero attached hydrogens (tertiary/aromatic N) is 2. The molecule has 0 bridgehead atoms. The first-order valence-corrected chi connectivity index (χ1v) is 8.01. The summed E-state index contributed by atoms with van der Waals surface area (Å²) in [5, 5.41) is 0. The number of amides is 1. The fraction of sp³-hybridized carbons (Fsp3) is 0.588. The minimum atomic E-state index is -2.83. The number of ether oxygens (including phenoxy) is 1. The number of likely N-dealkylation sites (tertiary alicyclic amines) is 1. The van der Waals surface area contributed by atoms with E-state index in [4.69, 9.17) is 5.73 Å². The van der Waals surface area contributed by atoms with Gasteiger partial charge in [-0.05, 0) is 42.6 Å². The SMILES string of the molecule is CN(Cc1ccc(OC(F)F)cc1)C(=O)CN1CCC(C)(CN)C1.Cl. The van der Waals surface area contributed by atoms with Crippen molar-refractivity contribution in [3.05, 3.63) is 29.8 Å². The number of nitrogens with two attached hydrogens (primary N) is 1. The third-order valence-corrected chi connectivity index (χ3v) is 4.48. The molecule has 1 aromatic rings. The molecular formula is C17H26ClF2N3O2. The van der Waals surface area contributed by atoms with Crippen LogP contribution < -0.4 is 10.5 Å². The van der Waals surface area contributed by atoms with Crippen molar-refractivity contribution < 1.29 is 18.3 Å². The molecule has 1 fully saturated rings. The highest BCUT2D eigenvalue weighted by atomic mass is 35.5. The highest BCUT2D eigenvalue weighted by molar-refractivity contribution is 5.85. The van der Waals surface area contributed by atoms with Crippen molar-refractivity contribution in [1.29, 1.82) is 0 Å². The van der Waals surface area contributed by atoms with Gasteiger partial charge in [-0.2, -0.15) is 8.78 Å². The summed E-state index contributed by atoms with van der Waals surface area (Å²) in [7, 11) is 1.74. The highest BCUT2D eigenvalue weighted by Gasteiger charge is 2.33. The molecule has 2 N–H and O–H groups in total. The van der Waals surface area contributed by atoms with Crippen molar-refractivity contribution in [3.8, 4) is 5.75 Å². The van der Waals surface area contributed by atoms with Gasteiger partial charge in [-0.1, -0.05) is 19.1 Å². The summed E-state index contributed by atoms with van der Waals surface area (Å²) in [6.45, 7) is 2.45. The maximum Gasteiger partial charge on any atom is 0.387 e. The molecule has 1 aliphatic heterocycles. The molecule has 1 heterocycles. The van der Waals surface area contributed by atoms with Gasteiger partial charge in [0.1, 0.15) is 5.75 Å². The van der Waals surface area contributed by atoms with E-state index in [0.717, 1.165) is 25.1 Å². The van der Waals surface area contributed by atoms with Crippen molar-refractivity contribution in [1.82, 2.24) is 9.80 Å². The third kappa shape index (κ3) is 6.41. The molecule has 2 rings (SSSR count). The van der Waals surface area contributed by atoms with E-state index in [1.54, 1.807) is 24.1 Å². The largest absolute Gasteiger partial charge is 0.435 e. The van der Waals surface area contributed by atoms with Crippen LogP contribution in [0.5, 0.6) is 5.75 Å². The third-order valence-electron chi connectivity index (χ3n) is 4.48. The lowest BCUT2D eigenvalue weighted by atomic mass is 9.90. The first-order valence-electron chi connectivity index (χ1n) is 8.01. The van der Waals surface area contributed by atoms with Gasteiger partial charge in [0.15, 0.2) is 0 Å². The summed E-state index contributed by atoms with van der Waals surface area (Å²) < 4.78 is 28.6. The molecule has 1 saturated heterocycles. The maximum atomic E-state index is 12.3. The Kier molecular flexibility index (Phi) is 8.05. The van der Waals surface area contributed by atoms with E-state index in [-0.39, 0.29) is 29.5 Å². The molecule has 1 aliphatic rings. The number of likely N-dealkylation sites (N-methyl/N-ethyl adjacent to an activating group) is 1. The molecule has 0 saturated carbocycles. The topological polar surface area (TPSA) is 58.8 Å². The maximum absolute atomic E-state index is 12.3. The monoisotopic (exact) mass is 377 g/mol. The van der Waals surface area contributed by atoms with Crippen molar-refractivity contribution in [2.45, 2.75) is 26.5 Å². The molecule has 1 amide bonds. The molecule has 5 nitrogen and oxygen atoms in total. The zero-order chi connectivity index (χ0) is 17.7. The summed E-state index contributed by atoms with van der Waals surface area (Å²) in [6.07, 6.45) is 1.01. The Morgan fingerprint density at radius 3 is 2.56 bits per heavy atom. The van der Waals surface area contributed by atoms with Crippen LogP contribution >= 0.6 is 12.4 Å². The standard InChI is InChI=1S/C17H25F2N3O2.ClH/c1-17(11-20)7-8-22(12-17)10-15(23)21(2)9-13-3-5-14(6-4-13)24-16(18)19;/h3-6,16H,7-12,20H2,1-2H3;1H. The van der Waals surface area contributed by atoms with E-state index in [1.165, 1.54) is 12.1 Å². The van der Waals surface area contributed by atoms with Crippen LogP contribution in [0.25, 0.3) is 0 Å². The summed E-state index contributed by atoms with van der Waals surface area (Å²) in [4.78, 5) is 16.1. The first kappa shape index (κ1) is 21.6. The number of halogens is 3. The van der Waals surface area contributed by atoms with E-state index < -0.39 is 6.61 Å². The van der Waals surface area contributed by atoms with E-state index >= 15 is 0 Å². The molecular weight excluding hydrogens is 352 g/mol. The van der Waals surface area contributed by atoms with Gasteiger partial charge in [0, 0.05) is 20.1 Å². The van der Waals surface area contributed by atoms with Gasteiger partial charge >= 0.3 is 6.61 Å². The van der Waals surface area contributed by atoms with Gasteiger partial charge in [-0.15, -0.1) is 12.4 Å². The summed E-state index contributed by atoms with van der Waals surface area (Å²) in [5.74, 6) is 0.144. The number of carbonyl (C=O) groups is 1. The van der Waals surface area contributed by atoms with Gasteiger partial charge in [-0.25, -0.2) is 0 Å². The first-order chi connectivity index (χ1) is 11.3. The summed E-state index contributed by atoms with van der Waals surface area (Å²) in [6, 6.07) is 6.33. The van der Waals surface area contributed by atoms with Crippen molar-refractivity contribution in [3.63, 3.8) is 0 Å². The minimum Gasteiger partial charge on any atom is -0.435 e. The number of hydrogen-bond donors (Lipinski definition) is 1. The van der Waals surface area contributed by atoms with Crippen LogP contribution in [0.15, 0.2) is 24.3 Å². The molecule has 142 valence electrons. The smallest absolute Gasteiger partial charge is 0.387 e. The van der Waals surface area contributed by atoms with Gasteiger partial charge in [0.2, 0.25) is 5.91 Å². The lowest BCUT2D eigenvalue weighted by Crippen LogP contribution is -2.39. The molecule has 0 aliphatic carbocycles. The average molecular weight is 378 g/mol. The molecule has 0 aromatic heterocycles. The molecule has 1 unspecified atom stereocenters. The Morgan fingerprint density at radius 2 is 2.04 bits per heavy atom. The van der Waals surface area contributed by atoms with Gasteiger partial charge in [0.05, 0.1) is 6.54 Å². The Labute approximate surface area is 153 Å².